The molecular weight excluding hydrogens is 196 g/mol. The first-order chi connectivity index (χ1) is 6.58. The Hall–Kier alpha value is -0.740. The molecule has 0 saturated heterocycles. The maximum atomic E-state index is 11.4. The number of nitrogens with one attached hydrogen (secondary N) is 1. The monoisotopic (exact) mass is 212 g/mol. The van der Waals surface area contributed by atoms with Crippen molar-refractivity contribution in [1.29, 1.82) is 0 Å². The van der Waals surface area contributed by atoms with Crippen molar-refractivity contribution in [1.82, 2.24) is 10.3 Å². The van der Waals surface area contributed by atoms with Crippen LogP contribution in [0, 0.1) is 6.92 Å². The summed E-state index contributed by atoms with van der Waals surface area (Å²) in [5.74, 6) is 0.198. The van der Waals surface area contributed by atoms with Gasteiger partial charge in [0.1, 0.15) is 0 Å². The zero-order chi connectivity index (χ0) is 10.6. The molecule has 0 amide bonds. The van der Waals surface area contributed by atoms with E-state index >= 15 is 0 Å². The molecule has 0 bridgehead atoms. The van der Waals surface area contributed by atoms with Gasteiger partial charge in [0, 0.05) is 11.4 Å². The third-order valence-electron chi connectivity index (χ3n) is 1.75. The minimum atomic E-state index is 0.198. The first kappa shape index (κ1) is 11.3. The van der Waals surface area contributed by atoms with Crippen molar-refractivity contribution >= 4 is 17.1 Å². The minimum absolute atomic E-state index is 0.198. The summed E-state index contributed by atoms with van der Waals surface area (Å²) < 4.78 is 0. The number of Topliss-reactive ketones (excluding diaryl/α,β-unsaturated/α-hetero) is 1. The van der Waals surface area contributed by atoms with Gasteiger partial charge in [-0.2, -0.15) is 0 Å². The van der Waals surface area contributed by atoms with Crippen LogP contribution in [0.5, 0.6) is 0 Å². The average molecular weight is 212 g/mol. The summed E-state index contributed by atoms with van der Waals surface area (Å²) in [6.45, 7) is 6.44. The van der Waals surface area contributed by atoms with Crippen LogP contribution in [-0.2, 0) is 11.2 Å². The third-order valence-corrected chi connectivity index (χ3v) is 2.57. The molecule has 3 nitrogen and oxygen atoms in total. The Labute approximate surface area is 88.6 Å². The summed E-state index contributed by atoms with van der Waals surface area (Å²) in [7, 11) is 0. The number of ketones is 1. The van der Waals surface area contributed by atoms with Crippen LogP contribution >= 0.6 is 11.3 Å². The summed E-state index contributed by atoms with van der Waals surface area (Å²) >= 11 is 1.59. The van der Waals surface area contributed by atoms with Gasteiger partial charge < -0.3 is 5.32 Å². The molecule has 1 N–H and O–H groups in total. The lowest BCUT2D eigenvalue weighted by molar-refractivity contribution is -0.117. The fraction of sp³-hybridized carbons (Fsp3) is 0.600. The van der Waals surface area contributed by atoms with E-state index < -0.39 is 0 Å². The van der Waals surface area contributed by atoms with E-state index in [-0.39, 0.29) is 5.78 Å². The molecule has 1 rings (SSSR count). The number of aromatic nitrogens is 1. The molecule has 0 aliphatic rings. The van der Waals surface area contributed by atoms with Crippen LogP contribution < -0.4 is 5.32 Å². The molecule has 1 heterocycles. The summed E-state index contributed by atoms with van der Waals surface area (Å²) in [5.41, 5.74) is 0.892. The largest absolute Gasteiger partial charge is 0.308 e. The van der Waals surface area contributed by atoms with Crippen LogP contribution in [0.15, 0.2) is 5.38 Å². The highest BCUT2D eigenvalue weighted by atomic mass is 32.1. The van der Waals surface area contributed by atoms with Crippen molar-refractivity contribution in [2.45, 2.75) is 33.2 Å². The lowest BCUT2D eigenvalue weighted by Gasteiger charge is -2.05. The highest BCUT2D eigenvalue weighted by Gasteiger charge is 2.06. The molecule has 0 aliphatic heterocycles. The van der Waals surface area contributed by atoms with E-state index in [4.69, 9.17) is 0 Å². The number of thiazole rings is 1. The van der Waals surface area contributed by atoms with Crippen molar-refractivity contribution in [3.63, 3.8) is 0 Å². The number of carbonyl (C=O) groups is 1. The van der Waals surface area contributed by atoms with Crippen LogP contribution in [0.4, 0.5) is 0 Å². The summed E-state index contributed by atoms with van der Waals surface area (Å²) in [5, 5.41) is 6.06. The molecule has 0 saturated carbocycles. The van der Waals surface area contributed by atoms with E-state index in [1.165, 1.54) is 0 Å². The van der Waals surface area contributed by atoms with Crippen molar-refractivity contribution in [3.05, 3.63) is 16.1 Å². The molecule has 0 radical (unpaired) electrons. The summed E-state index contributed by atoms with van der Waals surface area (Å²) in [4.78, 5) is 15.7. The van der Waals surface area contributed by atoms with Crippen LogP contribution in [-0.4, -0.2) is 23.4 Å². The van der Waals surface area contributed by atoms with Gasteiger partial charge in [-0.15, -0.1) is 11.3 Å². The molecule has 1 aromatic rings. The average Bonchev–Trinajstić information content (AvgIpc) is 2.48. The third kappa shape index (κ3) is 3.98. The van der Waals surface area contributed by atoms with Crippen molar-refractivity contribution in [2.75, 3.05) is 6.54 Å². The van der Waals surface area contributed by atoms with Gasteiger partial charge in [-0.25, -0.2) is 4.98 Å². The highest BCUT2D eigenvalue weighted by molar-refractivity contribution is 7.09. The van der Waals surface area contributed by atoms with Crippen molar-refractivity contribution in [3.8, 4) is 0 Å². The van der Waals surface area contributed by atoms with Crippen LogP contribution in [0.2, 0.25) is 0 Å². The first-order valence-electron chi connectivity index (χ1n) is 4.74. The molecule has 0 unspecified atom stereocenters. The summed E-state index contributed by atoms with van der Waals surface area (Å²) in [6, 6.07) is 0.358. The molecule has 0 fully saturated rings. The standard InChI is InChI=1S/C10H16N2OS/c1-7(2)11-5-10(13)4-9-6-14-8(3)12-9/h6-7,11H,4-5H2,1-3H3. The van der Waals surface area contributed by atoms with Crippen molar-refractivity contribution < 1.29 is 4.79 Å². The first-order valence-corrected chi connectivity index (χ1v) is 5.62. The zero-order valence-corrected chi connectivity index (χ0v) is 9.65. The normalized spacial score (nSPS) is 10.9. The molecule has 14 heavy (non-hydrogen) atoms. The molecule has 0 aromatic carbocycles. The Bertz CT molecular complexity index is 307. The Morgan fingerprint density at radius 2 is 2.36 bits per heavy atom. The lowest BCUT2D eigenvalue weighted by atomic mass is 10.2. The fourth-order valence-corrected chi connectivity index (χ4v) is 1.68. The molecule has 4 heteroatoms. The Balaban J connectivity index is 2.34. The van der Waals surface area contributed by atoms with Gasteiger partial charge in [-0.05, 0) is 6.92 Å². The number of hydrogen-bond acceptors (Lipinski definition) is 4. The van der Waals surface area contributed by atoms with Gasteiger partial charge in [0.15, 0.2) is 5.78 Å². The molecule has 0 aliphatic carbocycles. The SMILES string of the molecule is Cc1nc(CC(=O)CNC(C)C)cs1. The van der Waals surface area contributed by atoms with Crippen molar-refractivity contribution in [2.24, 2.45) is 0 Å². The number of rotatable bonds is 5. The smallest absolute Gasteiger partial charge is 0.152 e. The fourth-order valence-electron chi connectivity index (χ4n) is 1.07. The Morgan fingerprint density at radius 1 is 1.64 bits per heavy atom. The molecule has 0 spiro atoms. The second-order valence-corrected chi connectivity index (χ2v) is 4.67. The quantitative estimate of drug-likeness (QED) is 0.805. The van der Waals surface area contributed by atoms with Gasteiger partial charge in [-0.3, -0.25) is 4.79 Å². The van der Waals surface area contributed by atoms with E-state index in [0.717, 1.165) is 10.7 Å². The van der Waals surface area contributed by atoms with Crippen LogP contribution in [0.25, 0.3) is 0 Å². The second-order valence-electron chi connectivity index (χ2n) is 3.61. The topological polar surface area (TPSA) is 42.0 Å². The predicted octanol–water partition coefficient (Wildman–Crippen LogP) is 1.56. The van der Waals surface area contributed by atoms with Gasteiger partial charge in [0.05, 0.1) is 23.7 Å². The van der Waals surface area contributed by atoms with E-state index in [2.05, 4.69) is 10.3 Å². The van der Waals surface area contributed by atoms with Gasteiger partial charge in [-0.1, -0.05) is 13.8 Å². The number of nitrogens with zero attached hydrogens (tertiary/aromatic N) is 1. The number of aryl methyl sites for hydroxylation is 1. The molecule has 0 atom stereocenters. The number of carbonyl (C=O) groups excluding carboxylic acids is 1. The zero-order valence-electron chi connectivity index (χ0n) is 8.83. The molecular formula is C10H16N2OS. The minimum Gasteiger partial charge on any atom is -0.308 e. The van der Waals surface area contributed by atoms with Crippen LogP contribution in [0.1, 0.15) is 24.5 Å². The highest BCUT2D eigenvalue weighted by Crippen LogP contribution is 2.08. The molecule has 1 aromatic heterocycles. The maximum Gasteiger partial charge on any atom is 0.152 e. The van der Waals surface area contributed by atoms with Crippen LogP contribution in [0.3, 0.4) is 0 Å². The maximum absolute atomic E-state index is 11.4. The summed E-state index contributed by atoms with van der Waals surface area (Å²) in [6.07, 6.45) is 0.448. The Morgan fingerprint density at radius 3 is 2.86 bits per heavy atom. The van der Waals surface area contributed by atoms with Gasteiger partial charge in [0.25, 0.3) is 0 Å². The van der Waals surface area contributed by atoms with E-state index in [1.54, 1.807) is 11.3 Å². The Kier molecular flexibility index (Phi) is 4.22. The lowest BCUT2D eigenvalue weighted by Crippen LogP contribution is -2.30. The van der Waals surface area contributed by atoms with Gasteiger partial charge in [0.2, 0.25) is 0 Å². The van der Waals surface area contributed by atoms with E-state index in [0.29, 0.717) is 19.0 Å². The molecule has 78 valence electrons. The number of hydrogen-bond donors (Lipinski definition) is 1. The predicted molar refractivity (Wildman–Crippen MR) is 58.7 cm³/mol. The second kappa shape index (κ2) is 5.22. The van der Waals surface area contributed by atoms with Gasteiger partial charge >= 0.3 is 0 Å². The van der Waals surface area contributed by atoms with E-state index in [1.807, 2.05) is 26.2 Å². The van der Waals surface area contributed by atoms with E-state index in [9.17, 15) is 4.79 Å².